The Labute approximate surface area is 360 Å². The van der Waals surface area contributed by atoms with E-state index in [-0.39, 0.29) is 21.8 Å². The third-order valence-corrected chi connectivity index (χ3v) is 10.2. The van der Waals surface area contributed by atoms with Crippen molar-refractivity contribution in [2.24, 2.45) is 0 Å². The van der Waals surface area contributed by atoms with Gasteiger partial charge >= 0.3 is 0 Å². The monoisotopic (exact) mass is 747 g/mol. The van der Waals surface area contributed by atoms with Crippen LogP contribution in [0.1, 0.15) is 30.2 Å². The number of para-hydroxylation sites is 5. The summed E-state index contributed by atoms with van der Waals surface area (Å²) >= 11 is 0. The zero-order valence-electron chi connectivity index (χ0n) is 51.3. The van der Waals surface area contributed by atoms with Crippen LogP contribution in [0, 0.1) is 0 Å². The third kappa shape index (κ3) is 4.73. The first kappa shape index (κ1) is 17.0. The summed E-state index contributed by atoms with van der Waals surface area (Å²) in [6.07, 6.45) is 0. The van der Waals surface area contributed by atoms with E-state index in [1.807, 2.05) is 36.4 Å². The Hall–Kier alpha value is -7.62. The topological polar surface area (TPSA) is 14.8 Å². The van der Waals surface area contributed by atoms with Crippen molar-refractivity contribution < 1.29 is 30.2 Å². The molecule has 9 aromatic carbocycles. The van der Waals surface area contributed by atoms with Crippen LogP contribution in [0.3, 0.4) is 0 Å². The van der Waals surface area contributed by atoms with Crippen molar-refractivity contribution in [2.75, 3.05) is 0 Å². The number of rotatable bonds is 5. The van der Waals surface area contributed by atoms with Crippen molar-refractivity contribution in [1.82, 2.24) is 13.7 Å². The Morgan fingerprint density at radius 3 is 1.09 bits per heavy atom. The lowest BCUT2D eigenvalue weighted by Gasteiger charge is -2.19. The summed E-state index contributed by atoms with van der Waals surface area (Å²) in [5.74, 6) is 0. The average molecular weight is 748 g/mol. The molecule has 12 aromatic rings. The molecule has 3 nitrogen and oxygen atoms in total. The van der Waals surface area contributed by atoms with Crippen molar-refractivity contribution in [3.8, 4) is 39.3 Å². The minimum absolute atomic E-state index is 0.181. The largest absolute Gasteiger partial charge is 0.309 e. The molecule has 0 aliphatic carbocycles. The Morgan fingerprint density at radius 2 is 0.649 bits per heavy atom. The number of fused-ring (bicyclic) bond motifs is 9. The minimum Gasteiger partial charge on any atom is -0.309 e. The van der Waals surface area contributed by atoms with Crippen LogP contribution in [0.4, 0.5) is 0 Å². The molecule has 0 aliphatic heterocycles. The van der Waals surface area contributed by atoms with Gasteiger partial charge in [-0.25, -0.2) is 0 Å². The zero-order valence-corrected chi connectivity index (χ0v) is 29.3. The first-order valence-corrected chi connectivity index (χ1v) is 17.8. The van der Waals surface area contributed by atoms with Crippen LogP contribution in [0.5, 0.6) is 0 Å². The predicted octanol–water partition coefficient (Wildman–Crippen LogP) is 14.3. The lowest BCUT2D eigenvalue weighted by Crippen LogP contribution is -2.01. The molecule has 0 N–H and O–H groups in total. The first-order chi connectivity index (χ1) is 37.5. The van der Waals surface area contributed by atoms with E-state index in [9.17, 15) is 13.7 Å². The highest BCUT2D eigenvalue weighted by molar-refractivity contribution is 6.14. The van der Waals surface area contributed by atoms with E-state index in [1.54, 1.807) is 42.5 Å². The van der Waals surface area contributed by atoms with Crippen LogP contribution in [0.25, 0.3) is 105 Å². The predicted molar refractivity (Wildman–Crippen MR) is 240 cm³/mol. The normalized spacial score (nSPS) is 17.3. The molecule has 0 spiro atoms. The Morgan fingerprint density at radius 1 is 0.298 bits per heavy atom. The van der Waals surface area contributed by atoms with Gasteiger partial charge in [0.05, 0.1) is 68.9 Å². The summed E-state index contributed by atoms with van der Waals surface area (Å²) in [6.45, 7) is 0. The second-order valence-electron chi connectivity index (χ2n) is 13.2. The van der Waals surface area contributed by atoms with Crippen LogP contribution in [-0.2, 0) is 0 Å². The second kappa shape index (κ2) is 12.5. The fourth-order valence-corrected chi connectivity index (χ4v) is 7.81. The quantitative estimate of drug-likeness (QED) is 0.167. The third-order valence-electron chi connectivity index (χ3n) is 10.2. The molecule has 0 fully saturated rings. The van der Waals surface area contributed by atoms with Gasteiger partial charge in [0.15, 0.2) is 0 Å². The summed E-state index contributed by atoms with van der Waals surface area (Å²) in [6, 6.07) is 6.62. The van der Waals surface area contributed by atoms with Crippen molar-refractivity contribution >= 4 is 65.4 Å². The van der Waals surface area contributed by atoms with Crippen LogP contribution in [-0.4, -0.2) is 13.7 Å². The molecule has 0 saturated heterocycles. The number of nitrogens with zero attached hydrogens (tertiary/aromatic N) is 3. The van der Waals surface area contributed by atoms with E-state index in [4.69, 9.17) is 16.4 Å². The molecular formula is C54H35N3. The van der Waals surface area contributed by atoms with Gasteiger partial charge in [-0.3, -0.25) is 0 Å². The smallest absolute Gasteiger partial charge is 0.0652 e. The van der Waals surface area contributed by atoms with Crippen LogP contribution >= 0.6 is 0 Å². The SMILES string of the molecule is [2H]c1c([2H])c([2H])c2c(c1[2H])c1c([2H])c([2H])c([2H])c([2H])c1n2-c1c([2H])c([2H])c2c(c1[2H])c1c([2H])c([2H])c([2H])c([2H])c1n2-c1c([2H])c([2H])c2c(c1[2H])c1c([2H])c([2H])c([2H])c([2H])c1n2-c1c(-c2ccccc2)cccc1-c1ccccc1. The first-order valence-electron chi connectivity index (χ1n) is 28.8. The van der Waals surface area contributed by atoms with E-state index < -0.39 is 188 Å². The number of aromatic nitrogens is 3. The van der Waals surface area contributed by atoms with Gasteiger partial charge < -0.3 is 13.7 Å². The van der Waals surface area contributed by atoms with Gasteiger partial charge in [0.25, 0.3) is 0 Å². The Bertz CT molecular complexity index is 4660. The minimum atomic E-state index is -0.933. The molecule has 0 saturated carbocycles. The lowest BCUT2D eigenvalue weighted by molar-refractivity contribution is 1.16. The van der Waals surface area contributed by atoms with E-state index in [1.165, 1.54) is 4.57 Å². The molecule has 0 aliphatic rings. The highest BCUT2D eigenvalue weighted by Crippen LogP contribution is 2.43. The molecule has 3 heterocycles. The van der Waals surface area contributed by atoms with Crippen LogP contribution < -0.4 is 0 Å². The van der Waals surface area contributed by atoms with Crippen molar-refractivity contribution in [3.63, 3.8) is 0 Å². The van der Waals surface area contributed by atoms with Gasteiger partial charge in [-0.2, -0.15) is 0 Å². The maximum Gasteiger partial charge on any atom is 0.0652 e. The fourth-order valence-electron chi connectivity index (χ4n) is 7.81. The van der Waals surface area contributed by atoms with Gasteiger partial charge in [0, 0.05) is 54.8 Å². The van der Waals surface area contributed by atoms with E-state index in [2.05, 4.69) is 0 Å². The van der Waals surface area contributed by atoms with Gasteiger partial charge in [-0.1, -0.05) is 151 Å². The Kier molecular flexibility index (Phi) is 3.72. The van der Waals surface area contributed by atoms with Crippen LogP contribution in [0.15, 0.2) is 212 Å². The summed E-state index contributed by atoms with van der Waals surface area (Å²) in [5, 5.41) is -2.39. The lowest BCUT2D eigenvalue weighted by atomic mass is 9.95. The van der Waals surface area contributed by atoms with E-state index in [0.29, 0.717) is 27.9 Å². The maximum atomic E-state index is 10.3. The maximum absolute atomic E-state index is 10.3. The summed E-state index contributed by atoms with van der Waals surface area (Å²) in [5.41, 5.74) is -1.17. The molecule has 3 aromatic heterocycles. The molecule has 3 heteroatoms. The molecule has 12 rings (SSSR count). The molecule has 57 heavy (non-hydrogen) atoms. The van der Waals surface area contributed by atoms with Gasteiger partial charge in [0.1, 0.15) is 0 Å². The zero-order chi connectivity index (χ0) is 56.6. The highest BCUT2D eigenvalue weighted by atomic mass is 15.0. The fraction of sp³-hybridized carbons (Fsp3) is 0. The second-order valence-corrected chi connectivity index (χ2v) is 13.2. The average Bonchev–Trinajstić information content (AvgIpc) is 3.27. The highest BCUT2D eigenvalue weighted by Gasteiger charge is 2.21. The molecule has 0 radical (unpaired) electrons. The van der Waals surface area contributed by atoms with Crippen molar-refractivity contribution in [2.45, 2.75) is 0 Å². The van der Waals surface area contributed by atoms with E-state index in [0.717, 1.165) is 9.13 Å². The number of hydrogen-bond donors (Lipinski definition) is 0. The molecule has 0 amide bonds. The van der Waals surface area contributed by atoms with Crippen LogP contribution in [0.2, 0.25) is 0 Å². The summed E-state index contributed by atoms with van der Waals surface area (Å²) < 4.78 is 207. The molecule has 0 bridgehead atoms. The van der Waals surface area contributed by atoms with Gasteiger partial charge in [0.2, 0.25) is 0 Å². The van der Waals surface area contributed by atoms with E-state index >= 15 is 0 Å². The van der Waals surface area contributed by atoms with Crippen molar-refractivity contribution in [1.29, 1.82) is 0 Å². The Balaban J connectivity index is 1.31. The molecule has 0 atom stereocenters. The molecular weight excluding hydrogens is 691 g/mol. The van der Waals surface area contributed by atoms with Gasteiger partial charge in [-0.15, -0.1) is 0 Å². The summed E-state index contributed by atoms with van der Waals surface area (Å²) in [7, 11) is 0. The molecule has 0 unspecified atom stereocenters. The standard InChI is InChI=1S/C54H35N3/c1-3-16-36(17-4-1)40-24-15-25-41(37-18-5-2-6-19-37)54(40)57-51-29-14-10-23-45(51)47-35-39(31-33-53(47)57)56-50-28-13-9-22-44(50)46-34-38(30-32-52(46)56)55-48-26-11-7-20-42(48)43-21-8-12-27-49(43)55/h1-35H/i7D,8D,9D,10D,11D,12D,13D,14D,20D,21D,22D,23D,26D,27D,28D,29D,30D,31D,32D,33D,34D,35D. The number of hydrogen-bond acceptors (Lipinski definition) is 0. The van der Waals surface area contributed by atoms with Gasteiger partial charge in [-0.05, 0) is 71.6 Å². The molecule has 266 valence electrons. The number of benzene rings is 9. The summed E-state index contributed by atoms with van der Waals surface area (Å²) in [4.78, 5) is 0. The van der Waals surface area contributed by atoms with Crippen molar-refractivity contribution in [3.05, 3.63) is 212 Å².